The van der Waals surface area contributed by atoms with Crippen molar-refractivity contribution < 1.29 is 9.59 Å². The molecule has 2 amide bonds. The molecule has 2 aliphatic rings. The van der Waals surface area contributed by atoms with E-state index in [0.717, 1.165) is 50.2 Å². The van der Waals surface area contributed by atoms with Gasteiger partial charge in [0.2, 0.25) is 5.91 Å². The Morgan fingerprint density at radius 2 is 1.80 bits per heavy atom. The average molecular weight is 432 g/mol. The molecule has 1 aromatic rings. The van der Waals surface area contributed by atoms with Gasteiger partial charge in [-0.1, -0.05) is 38.3 Å². The summed E-state index contributed by atoms with van der Waals surface area (Å²) in [6.45, 7) is 5.46. The van der Waals surface area contributed by atoms with Gasteiger partial charge < -0.3 is 15.1 Å². The zero-order valence-corrected chi connectivity index (χ0v) is 19.4. The van der Waals surface area contributed by atoms with E-state index in [4.69, 9.17) is 0 Å². The van der Waals surface area contributed by atoms with Crippen molar-refractivity contribution in [2.75, 3.05) is 32.4 Å². The fourth-order valence-electron chi connectivity index (χ4n) is 4.57. The van der Waals surface area contributed by atoms with Crippen molar-refractivity contribution in [3.05, 3.63) is 29.8 Å². The second-order valence-electron chi connectivity index (χ2n) is 8.67. The van der Waals surface area contributed by atoms with Gasteiger partial charge in [-0.3, -0.25) is 9.59 Å². The van der Waals surface area contributed by atoms with Gasteiger partial charge in [0.15, 0.2) is 0 Å². The lowest BCUT2D eigenvalue weighted by molar-refractivity contribution is -0.129. The number of hydrogen-bond donors (Lipinski definition) is 1. The van der Waals surface area contributed by atoms with Crippen LogP contribution in [0.25, 0.3) is 0 Å². The van der Waals surface area contributed by atoms with Crippen LogP contribution in [0, 0.1) is 0 Å². The summed E-state index contributed by atoms with van der Waals surface area (Å²) in [5, 5.41) is 3.23. The third kappa shape index (κ3) is 6.48. The fourth-order valence-corrected chi connectivity index (χ4v) is 5.55. The first-order valence-corrected chi connectivity index (χ1v) is 12.6. The van der Waals surface area contributed by atoms with Crippen LogP contribution in [-0.4, -0.2) is 66.1 Å². The molecular formula is C24H37N3O2S. The lowest BCUT2D eigenvalue weighted by Gasteiger charge is -2.32. The van der Waals surface area contributed by atoms with E-state index in [2.05, 4.69) is 17.1 Å². The Morgan fingerprint density at radius 3 is 2.50 bits per heavy atom. The Kier molecular flexibility index (Phi) is 9.06. The van der Waals surface area contributed by atoms with Crippen molar-refractivity contribution in [1.29, 1.82) is 0 Å². The molecule has 0 spiro atoms. The summed E-state index contributed by atoms with van der Waals surface area (Å²) >= 11 is 1.48. The molecule has 0 atom stereocenters. The maximum absolute atomic E-state index is 12.9. The molecule has 2 fully saturated rings. The van der Waals surface area contributed by atoms with Crippen LogP contribution in [-0.2, 0) is 4.79 Å². The lowest BCUT2D eigenvalue weighted by atomic mass is 9.94. The van der Waals surface area contributed by atoms with Crippen LogP contribution >= 0.6 is 11.8 Å². The summed E-state index contributed by atoms with van der Waals surface area (Å²) in [7, 11) is 1.93. The smallest absolute Gasteiger partial charge is 0.252 e. The van der Waals surface area contributed by atoms with Gasteiger partial charge in [-0.15, -0.1) is 11.8 Å². The standard InChI is InChI=1S/C24H37N3O2S/c1-3-15-27-16-13-19(14-17-27)25-24(29)21-11-7-8-12-22(21)30-18-23(28)26(2)20-9-5-4-6-10-20/h7-8,11-12,19-20H,3-6,9-10,13-18H2,1-2H3,(H,25,29). The van der Waals surface area contributed by atoms with Crippen LogP contribution in [0.2, 0.25) is 0 Å². The highest BCUT2D eigenvalue weighted by atomic mass is 32.2. The Bertz CT molecular complexity index is 697. The summed E-state index contributed by atoms with van der Waals surface area (Å²) in [6.07, 6.45) is 9.14. The van der Waals surface area contributed by atoms with Crippen molar-refractivity contribution >= 4 is 23.6 Å². The van der Waals surface area contributed by atoms with Gasteiger partial charge in [0.1, 0.15) is 0 Å². The Balaban J connectivity index is 1.52. The van der Waals surface area contributed by atoms with Crippen LogP contribution < -0.4 is 5.32 Å². The third-order valence-corrected chi connectivity index (χ3v) is 7.52. The molecule has 1 aromatic carbocycles. The number of amides is 2. The maximum Gasteiger partial charge on any atom is 0.252 e. The zero-order chi connectivity index (χ0) is 21.3. The third-order valence-electron chi connectivity index (χ3n) is 6.46. The highest BCUT2D eigenvalue weighted by molar-refractivity contribution is 8.00. The van der Waals surface area contributed by atoms with E-state index in [0.29, 0.717) is 17.4 Å². The average Bonchev–Trinajstić information content (AvgIpc) is 2.79. The van der Waals surface area contributed by atoms with Crippen LogP contribution in [0.15, 0.2) is 29.2 Å². The molecule has 0 unspecified atom stereocenters. The molecule has 1 aliphatic heterocycles. The van der Waals surface area contributed by atoms with Gasteiger partial charge in [0.05, 0.1) is 11.3 Å². The number of nitrogens with zero attached hydrogens (tertiary/aromatic N) is 2. The van der Waals surface area contributed by atoms with Crippen molar-refractivity contribution in [3.8, 4) is 0 Å². The molecular weight excluding hydrogens is 394 g/mol. The quantitative estimate of drug-likeness (QED) is 0.628. The normalized spacial score (nSPS) is 18.9. The topological polar surface area (TPSA) is 52.7 Å². The monoisotopic (exact) mass is 431 g/mol. The number of thioether (sulfide) groups is 1. The second-order valence-corrected chi connectivity index (χ2v) is 9.69. The van der Waals surface area contributed by atoms with E-state index in [1.54, 1.807) is 0 Å². The minimum absolute atomic E-state index is 0.0138. The molecule has 166 valence electrons. The molecule has 1 N–H and O–H groups in total. The van der Waals surface area contributed by atoms with Crippen molar-refractivity contribution in [2.24, 2.45) is 0 Å². The molecule has 1 aliphatic carbocycles. The molecule has 3 rings (SSSR count). The van der Waals surface area contributed by atoms with E-state index >= 15 is 0 Å². The molecule has 30 heavy (non-hydrogen) atoms. The van der Waals surface area contributed by atoms with Crippen LogP contribution in [0.3, 0.4) is 0 Å². The number of nitrogens with one attached hydrogen (secondary N) is 1. The maximum atomic E-state index is 12.9. The minimum atomic E-state index is -0.0138. The van der Waals surface area contributed by atoms with Gasteiger partial charge in [-0.25, -0.2) is 0 Å². The SMILES string of the molecule is CCCN1CCC(NC(=O)c2ccccc2SCC(=O)N(C)C2CCCCC2)CC1. The summed E-state index contributed by atoms with van der Waals surface area (Å²) in [5.41, 5.74) is 0.687. The summed E-state index contributed by atoms with van der Waals surface area (Å²) in [4.78, 5) is 30.9. The van der Waals surface area contributed by atoms with Gasteiger partial charge in [-0.05, 0) is 50.8 Å². The zero-order valence-electron chi connectivity index (χ0n) is 18.6. The van der Waals surface area contributed by atoms with E-state index in [-0.39, 0.29) is 17.9 Å². The van der Waals surface area contributed by atoms with Gasteiger partial charge in [-0.2, -0.15) is 0 Å². The molecule has 0 aromatic heterocycles. The molecule has 0 bridgehead atoms. The van der Waals surface area contributed by atoms with Crippen LogP contribution in [0.5, 0.6) is 0 Å². The van der Waals surface area contributed by atoms with Gasteiger partial charge in [0.25, 0.3) is 5.91 Å². The number of piperidine rings is 1. The largest absolute Gasteiger partial charge is 0.349 e. The van der Waals surface area contributed by atoms with E-state index in [1.165, 1.54) is 37.4 Å². The van der Waals surface area contributed by atoms with Crippen molar-refractivity contribution in [3.63, 3.8) is 0 Å². The highest BCUT2D eigenvalue weighted by Gasteiger charge is 2.24. The minimum Gasteiger partial charge on any atom is -0.349 e. The van der Waals surface area contributed by atoms with Crippen molar-refractivity contribution in [1.82, 2.24) is 15.1 Å². The number of carbonyl (C=O) groups excluding carboxylic acids is 2. The Morgan fingerprint density at radius 1 is 1.10 bits per heavy atom. The Hall–Kier alpha value is -1.53. The molecule has 1 saturated carbocycles. The second kappa shape index (κ2) is 11.8. The fraction of sp³-hybridized carbons (Fsp3) is 0.667. The number of hydrogen-bond acceptors (Lipinski definition) is 4. The van der Waals surface area contributed by atoms with E-state index in [9.17, 15) is 9.59 Å². The van der Waals surface area contributed by atoms with Crippen molar-refractivity contribution in [2.45, 2.75) is 75.3 Å². The lowest BCUT2D eigenvalue weighted by Crippen LogP contribution is -2.44. The number of benzene rings is 1. The Labute approximate surface area is 186 Å². The first-order valence-electron chi connectivity index (χ1n) is 11.6. The molecule has 1 heterocycles. The molecule has 0 radical (unpaired) electrons. The number of rotatable bonds is 8. The van der Waals surface area contributed by atoms with Crippen LogP contribution in [0.1, 0.15) is 68.6 Å². The number of likely N-dealkylation sites (tertiary alicyclic amines) is 1. The first-order chi connectivity index (χ1) is 14.6. The van der Waals surface area contributed by atoms with Gasteiger partial charge in [0, 0.05) is 37.1 Å². The molecule has 1 saturated heterocycles. The van der Waals surface area contributed by atoms with Crippen LogP contribution in [0.4, 0.5) is 0 Å². The number of carbonyl (C=O) groups is 2. The summed E-state index contributed by atoms with van der Waals surface area (Å²) < 4.78 is 0. The van der Waals surface area contributed by atoms with E-state index in [1.807, 2.05) is 36.2 Å². The molecule has 6 heteroatoms. The van der Waals surface area contributed by atoms with E-state index < -0.39 is 0 Å². The predicted octanol–water partition coefficient (Wildman–Crippen LogP) is 4.17. The summed E-state index contributed by atoms with van der Waals surface area (Å²) in [6, 6.07) is 8.29. The molecule has 5 nitrogen and oxygen atoms in total. The summed E-state index contributed by atoms with van der Waals surface area (Å²) in [5.74, 6) is 0.526. The predicted molar refractivity (Wildman–Crippen MR) is 124 cm³/mol. The van der Waals surface area contributed by atoms with Gasteiger partial charge >= 0.3 is 0 Å². The highest BCUT2D eigenvalue weighted by Crippen LogP contribution is 2.26. The first kappa shape index (κ1) is 23.1.